The molecule has 0 bridgehead atoms. The fraction of sp³-hybridized carbons (Fsp3) is 0.184. The lowest BCUT2D eigenvalue weighted by molar-refractivity contribution is -0.117. The van der Waals surface area contributed by atoms with Crippen molar-refractivity contribution in [2.45, 2.75) is 33.1 Å². The van der Waals surface area contributed by atoms with Gasteiger partial charge in [-0.1, -0.05) is 143 Å². The maximum absolute atomic E-state index is 13.5. The minimum Gasteiger partial charge on any atom is -0.311 e. The summed E-state index contributed by atoms with van der Waals surface area (Å²) >= 11 is 0. The van der Waals surface area contributed by atoms with E-state index in [9.17, 15) is 9.59 Å². The van der Waals surface area contributed by atoms with Crippen LogP contribution < -0.4 is 25.8 Å². The summed E-state index contributed by atoms with van der Waals surface area (Å²) in [6, 6.07) is 38.3. The molecule has 5 aromatic rings. The summed E-state index contributed by atoms with van der Waals surface area (Å²) in [5.74, 6) is -0.833. The maximum atomic E-state index is 13.5. The molecule has 9 rings (SSSR count). The van der Waals surface area contributed by atoms with Crippen molar-refractivity contribution in [3.8, 4) is 0 Å². The maximum Gasteiger partial charge on any atom is 0.174 e. The van der Waals surface area contributed by atoms with Crippen molar-refractivity contribution in [2.24, 2.45) is 23.2 Å². The van der Waals surface area contributed by atoms with E-state index in [4.69, 9.17) is 0 Å². The number of carbonyl (C=O) groups is 2. The van der Waals surface area contributed by atoms with E-state index in [0.717, 1.165) is 43.8 Å². The standard InChI is InChI=1S/C49H41NO2/c1-48(2,3)38-16-19-40(20-17-38)50(42-21-22-49(4)30-37-12-8-7-9-32(37)25-39(49)29-42)41-18-15-35-23-31(13-14-36(35)26-41)24-45-46(51)43-27-33-10-5-6-11-34(33)28-44(43)47(45)52/h5-30,39,43-44H,1-4H3. The highest BCUT2D eigenvalue weighted by Gasteiger charge is 2.44. The third kappa shape index (κ3) is 5.43. The Morgan fingerprint density at radius 3 is 1.87 bits per heavy atom. The highest BCUT2D eigenvalue weighted by molar-refractivity contribution is 6.33. The summed E-state index contributed by atoms with van der Waals surface area (Å²) in [6.45, 7) is 9.05. The SMILES string of the molecule is CC(C)(C)c1ccc(N(C2=CC3C=c4ccccc4=CC3(C)C=C2)c2ccc3cc(C=C4C(=O)C5C=c6ccccc6=CC5C4=O)ccc3c2)cc1. The smallest absolute Gasteiger partial charge is 0.174 e. The molecule has 4 aliphatic carbocycles. The van der Waals surface area contributed by atoms with Crippen LogP contribution in [0.15, 0.2) is 139 Å². The topological polar surface area (TPSA) is 37.4 Å². The second-order valence-corrected chi connectivity index (χ2v) is 16.0. The average Bonchev–Trinajstić information content (AvgIpc) is 3.36. The number of allylic oxidation sites excluding steroid dienone is 4. The van der Waals surface area contributed by atoms with Crippen LogP contribution in [-0.4, -0.2) is 11.6 Å². The van der Waals surface area contributed by atoms with Gasteiger partial charge in [0.2, 0.25) is 0 Å². The molecule has 254 valence electrons. The molecular weight excluding hydrogens is 635 g/mol. The first-order chi connectivity index (χ1) is 25.0. The first kappa shape index (κ1) is 32.1. The Morgan fingerprint density at radius 1 is 0.635 bits per heavy atom. The first-order valence-corrected chi connectivity index (χ1v) is 18.3. The van der Waals surface area contributed by atoms with Crippen LogP contribution >= 0.6 is 0 Å². The Morgan fingerprint density at radius 2 is 1.21 bits per heavy atom. The van der Waals surface area contributed by atoms with Gasteiger partial charge in [-0.2, -0.15) is 0 Å². The molecule has 0 aliphatic heterocycles. The molecule has 0 saturated heterocycles. The Kier molecular flexibility index (Phi) is 7.34. The van der Waals surface area contributed by atoms with Crippen molar-refractivity contribution in [3.63, 3.8) is 0 Å². The second-order valence-electron chi connectivity index (χ2n) is 16.0. The number of rotatable bonds is 4. The molecule has 0 radical (unpaired) electrons. The van der Waals surface area contributed by atoms with E-state index in [-0.39, 0.29) is 28.3 Å². The zero-order valence-electron chi connectivity index (χ0n) is 30.0. The fourth-order valence-corrected chi connectivity index (χ4v) is 8.35. The van der Waals surface area contributed by atoms with E-state index < -0.39 is 11.8 Å². The molecule has 0 aromatic heterocycles. The summed E-state index contributed by atoms with van der Waals surface area (Å²) in [5.41, 5.74) is 5.69. The number of ketones is 2. The van der Waals surface area contributed by atoms with Gasteiger partial charge in [-0.05, 0) is 90.7 Å². The van der Waals surface area contributed by atoms with Crippen LogP contribution in [0.3, 0.4) is 0 Å². The molecule has 4 unspecified atom stereocenters. The normalized spacial score (nSPS) is 22.8. The largest absolute Gasteiger partial charge is 0.311 e. The van der Waals surface area contributed by atoms with Gasteiger partial charge in [0.05, 0.1) is 17.4 Å². The lowest BCUT2D eigenvalue weighted by Gasteiger charge is -2.37. The Labute approximate surface area is 304 Å². The number of fused-ring (bicyclic) bond motifs is 5. The molecule has 5 aromatic carbocycles. The van der Waals surface area contributed by atoms with E-state index in [1.807, 2.05) is 42.5 Å². The van der Waals surface area contributed by atoms with Crippen molar-refractivity contribution < 1.29 is 9.59 Å². The summed E-state index contributed by atoms with van der Waals surface area (Å²) in [4.78, 5) is 29.4. The first-order valence-electron chi connectivity index (χ1n) is 18.3. The molecule has 0 spiro atoms. The summed E-state index contributed by atoms with van der Waals surface area (Å²) in [5, 5.41) is 6.72. The molecule has 52 heavy (non-hydrogen) atoms. The summed E-state index contributed by atoms with van der Waals surface area (Å²) < 4.78 is 0. The fourth-order valence-electron chi connectivity index (χ4n) is 8.35. The number of hydrogen-bond acceptors (Lipinski definition) is 3. The van der Waals surface area contributed by atoms with Gasteiger partial charge in [-0.3, -0.25) is 9.59 Å². The van der Waals surface area contributed by atoms with Gasteiger partial charge in [0, 0.05) is 28.4 Å². The van der Waals surface area contributed by atoms with Gasteiger partial charge in [-0.25, -0.2) is 0 Å². The number of Topliss-reactive ketones (excluding diaryl/α,β-unsaturated/α-hetero) is 2. The van der Waals surface area contributed by atoms with Gasteiger partial charge >= 0.3 is 0 Å². The molecule has 0 heterocycles. The number of benzene rings is 5. The minimum atomic E-state index is -0.431. The van der Waals surface area contributed by atoms with Gasteiger partial charge in [0.15, 0.2) is 11.6 Å². The summed E-state index contributed by atoms with van der Waals surface area (Å²) in [6.07, 6.45) is 17.6. The van der Waals surface area contributed by atoms with E-state index in [2.05, 4.69) is 142 Å². The van der Waals surface area contributed by atoms with Gasteiger partial charge < -0.3 is 4.90 Å². The molecule has 3 heteroatoms. The Hall–Kier alpha value is -5.80. The number of anilines is 2. The van der Waals surface area contributed by atoms with Crippen LogP contribution in [0.5, 0.6) is 0 Å². The molecule has 1 fully saturated rings. The number of carbonyl (C=O) groups excluding carboxylic acids is 2. The van der Waals surface area contributed by atoms with Crippen LogP contribution in [0, 0.1) is 23.2 Å². The van der Waals surface area contributed by atoms with E-state index in [1.165, 1.54) is 16.0 Å². The van der Waals surface area contributed by atoms with Crippen molar-refractivity contribution in [1.82, 2.24) is 0 Å². The lowest BCUT2D eigenvalue weighted by Crippen LogP contribution is -2.38. The van der Waals surface area contributed by atoms with Crippen molar-refractivity contribution in [3.05, 3.63) is 171 Å². The molecular formula is C49H41NO2. The van der Waals surface area contributed by atoms with E-state index in [1.54, 1.807) is 6.08 Å². The summed E-state index contributed by atoms with van der Waals surface area (Å²) in [7, 11) is 0. The van der Waals surface area contributed by atoms with Crippen molar-refractivity contribution >= 4 is 64.1 Å². The van der Waals surface area contributed by atoms with Gasteiger partial charge in [-0.15, -0.1) is 0 Å². The molecule has 1 saturated carbocycles. The average molecular weight is 676 g/mol. The monoisotopic (exact) mass is 675 g/mol. The molecule has 0 amide bonds. The van der Waals surface area contributed by atoms with Crippen LogP contribution in [0.4, 0.5) is 11.4 Å². The quantitative estimate of drug-likeness (QED) is 0.145. The minimum absolute atomic E-state index is 0.0542. The molecule has 4 aliphatic rings. The van der Waals surface area contributed by atoms with Crippen LogP contribution in [0.2, 0.25) is 0 Å². The van der Waals surface area contributed by atoms with E-state index in [0.29, 0.717) is 5.57 Å². The Bertz CT molecular complexity index is 2630. The number of nitrogens with zero attached hydrogens (tertiary/aromatic N) is 1. The van der Waals surface area contributed by atoms with E-state index >= 15 is 0 Å². The number of hydrogen-bond donors (Lipinski definition) is 0. The Balaban J connectivity index is 1.09. The third-order valence-corrected chi connectivity index (χ3v) is 11.4. The zero-order valence-corrected chi connectivity index (χ0v) is 30.0. The van der Waals surface area contributed by atoms with Gasteiger partial charge in [0.1, 0.15) is 0 Å². The van der Waals surface area contributed by atoms with Gasteiger partial charge in [0.25, 0.3) is 0 Å². The molecule has 3 nitrogen and oxygen atoms in total. The highest BCUT2D eigenvalue weighted by Crippen LogP contribution is 2.43. The zero-order chi connectivity index (χ0) is 35.8. The van der Waals surface area contributed by atoms with Crippen LogP contribution in [0.1, 0.15) is 38.8 Å². The molecule has 4 atom stereocenters. The second kappa shape index (κ2) is 11.9. The van der Waals surface area contributed by atoms with Crippen molar-refractivity contribution in [2.75, 3.05) is 4.90 Å². The highest BCUT2D eigenvalue weighted by atomic mass is 16.2. The lowest BCUT2D eigenvalue weighted by atomic mass is 9.70. The predicted octanol–water partition coefficient (Wildman–Crippen LogP) is 7.67. The molecule has 0 N–H and O–H groups in total. The van der Waals surface area contributed by atoms with Crippen LogP contribution in [-0.2, 0) is 15.0 Å². The predicted molar refractivity (Wildman–Crippen MR) is 214 cm³/mol. The van der Waals surface area contributed by atoms with Crippen LogP contribution in [0.25, 0.3) is 41.2 Å². The third-order valence-electron chi connectivity index (χ3n) is 11.4. The van der Waals surface area contributed by atoms with Crippen molar-refractivity contribution in [1.29, 1.82) is 0 Å².